The summed E-state index contributed by atoms with van der Waals surface area (Å²) >= 11 is 1.55. The van der Waals surface area contributed by atoms with Gasteiger partial charge in [0.05, 0.1) is 18.6 Å². The lowest BCUT2D eigenvalue weighted by atomic mass is 9.72. The van der Waals surface area contributed by atoms with Gasteiger partial charge in [0.15, 0.2) is 5.16 Å². The number of hydrogen-bond acceptors (Lipinski definition) is 6. The number of hydrogen-bond donors (Lipinski definition) is 2. The smallest absolute Gasteiger partial charge is 0.257 e. The molecule has 6 nitrogen and oxygen atoms in total. The molecular formula is C22H25N3O3S. The highest BCUT2D eigenvalue weighted by Gasteiger charge is 2.42. The van der Waals surface area contributed by atoms with Gasteiger partial charge in [-0.25, -0.2) is 4.98 Å². The van der Waals surface area contributed by atoms with Crippen molar-refractivity contribution in [2.24, 2.45) is 5.92 Å². The molecule has 0 radical (unpaired) electrons. The van der Waals surface area contributed by atoms with E-state index in [4.69, 9.17) is 9.72 Å². The van der Waals surface area contributed by atoms with E-state index in [1.807, 2.05) is 24.3 Å². The van der Waals surface area contributed by atoms with E-state index in [0.29, 0.717) is 34.6 Å². The molecule has 2 N–H and O–H groups in total. The van der Waals surface area contributed by atoms with Crippen molar-refractivity contribution in [3.63, 3.8) is 0 Å². The Morgan fingerprint density at radius 3 is 2.69 bits per heavy atom. The summed E-state index contributed by atoms with van der Waals surface area (Å²) in [5, 5.41) is 4.24. The fraction of sp³-hybridized carbons (Fsp3) is 0.409. The zero-order chi connectivity index (χ0) is 20.5. The predicted octanol–water partition coefficient (Wildman–Crippen LogP) is 4.09. The molecule has 7 heteroatoms. The highest BCUT2D eigenvalue weighted by Crippen LogP contribution is 2.45. The molecule has 4 rings (SSSR count). The summed E-state index contributed by atoms with van der Waals surface area (Å²) in [4.78, 5) is 33.6. The van der Waals surface area contributed by atoms with Gasteiger partial charge in [-0.2, -0.15) is 0 Å². The molecule has 29 heavy (non-hydrogen) atoms. The molecule has 1 aromatic carbocycles. The minimum Gasteiger partial charge on any atom is -0.497 e. The Hall–Kier alpha value is -2.54. The van der Waals surface area contributed by atoms with Crippen LogP contribution in [0.3, 0.4) is 0 Å². The van der Waals surface area contributed by atoms with Crippen molar-refractivity contribution in [2.45, 2.75) is 49.4 Å². The summed E-state index contributed by atoms with van der Waals surface area (Å²) in [6, 6.07) is 7.59. The van der Waals surface area contributed by atoms with Gasteiger partial charge in [0, 0.05) is 23.3 Å². The number of ketones is 1. The van der Waals surface area contributed by atoms with Crippen molar-refractivity contribution >= 4 is 23.4 Å². The van der Waals surface area contributed by atoms with E-state index in [-0.39, 0.29) is 23.2 Å². The molecule has 0 saturated heterocycles. The van der Waals surface area contributed by atoms with Gasteiger partial charge in [0.2, 0.25) is 0 Å². The number of anilines is 1. The maximum Gasteiger partial charge on any atom is 0.257 e. The molecule has 1 aliphatic carbocycles. The SMILES string of the molecule is CC[C@@H](C)Sc1nc2c(c(=O)[nH]1)[C@H](c1ccc(OC)cc1)[C@H]1C(=O)CCC=C1N2. The molecule has 0 spiro atoms. The van der Waals surface area contributed by atoms with Crippen LogP contribution in [0.2, 0.25) is 0 Å². The van der Waals surface area contributed by atoms with Crippen LogP contribution in [0.1, 0.15) is 50.2 Å². The van der Waals surface area contributed by atoms with Crippen LogP contribution in [0.25, 0.3) is 0 Å². The highest BCUT2D eigenvalue weighted by molar-refractivity contribution is 7.99. The fourth-order valence-electron chi connectivity index (χ4n) is 3.97. The second-order valence-corrected chi connectivity index (χ2v) is 8.92. The highest BCUT2D eigenvalue weighted by atomic mass is 32.2. The average Bonchev–Trinajstić information content (AvgIpc) is 2.72. The summed E-state index contributed by atoms with van der Waals surface area (Å²) in [6.07, 6.45) is 4.25. The predicted molar refractivity (Wildman–Crippen MR) is 115 cm³/mol. The lowest BCUT2D eigenvalue weighted by molar-refractivity contribution is -0.122. The number of aromatic nitrogens is 2. The van der Waals surface area contributed by atoms with Crippen LogP contribution in [-0.2, 0) is 4.79 Å². The van der Waals surface area contributed by atoms with Gasteiger partial charge in [-0.1, -0.05) is 43.8 Å². The Kier molecular flexibility index (Phi) is 5.50. The minimum absolute atomic E-state index is 0.152. The van der Waals surface area contributed by atoms with Crippen molar-refractivity contribution in [1.82, 2.24) is 9.97 Å². The van der Waals surface area contributed by atoms with Crippen LogP contribution in [0.5, 0.6) is 5.75 Å². The molecule has 2 aromatic rings. The number of rotatable bonds is 5. The van der Waals surface area contributed by atoms with E-state index < -0.39 is 0 Å². The van der Waals surface area contributed by atoms with E-state index in [1.54, 1.807) is 18.9 Å². The standard InChI is InChI=1S/C22H25N3O3S/c1-4-12(2)29-22-24-20-19(21(27)25-22)17(13-8-10-14(28-3)11-9-13)18-15(23-20)6-5-7-16(18)26/h6,8-12,17-18H,4-5,7H2,1-3H3,(H2,23,24,25,27)/t12-,17-,18-/m1/s1. The third-order valence-electron chi connectivity index (χ3n) is 5.64. The molecule has 1 aromatic heterocycles. The number of ether oxygens (including phenoxy) is 1. The van der Waals surface area contributed by atoms with E-state index >= 15 is 0 Å². The summed E-state index contributed by atoms with van der Waals surface area (Å²) < 4.78 is 5.27. The average molecular weight is 412 g/mol. The zero-order valence-corrected chi connectivity index (χ0v) is 17.6. The molecule has 0 unspecified atom stereocenters. The second-order valence-electron chi connectivity index (χ2n) is 7.49. The Labute approximate surface area is 174 Å². The van der Waals surface area contributed by atoms with Crippen molar-refractivity contribution in [2.75, 3.05) is 12.4 Å². The van der Waals surface area contributed by atoms with Gasteiger partial charge in [0.1, 0.15) is 17.4 Å². The molecule has 2 heterocycles. The second kappa shape index (κ2) is 8.06. The quantitative estimate of drug-likeness (QED) is 0.569. The number of H-pyrrole nitrogens is 1. The third-order valence-corrected chi connectivity index (χ3v) is 6.79. The maximum absolute atomic E-state index is 13.1. The number of fused-ring (bicyclic) bond motifs is 2. The minimum atomic E-state index is -0.388. The largest absolute Gasteiger partial charge is 0.497 e. The molecule has 0 amide bonds. The normalized spacial score (nSPS) is 21.5. The summed E-state index contributed by atoms with van der Waals surface area (Å²) in [6.45, 7) is 4.21. The molecule has 3 atom stereocenters. The molecule has 152 valence electrons. The van der Waals surface area contributed by atoms with Crippen LogP contribution < -0.4 is 15.6 Å². The molecule has 0 saturated carbocycles. The Morgan fingerprint density at radius 1 is 1.24 bits per heavy atom. The van der Waals surface area contributed by atoms with Gasteiger partial charge in [-0.3, -0.25) is 9.59 Å². The van der Waals surface area contributed by atoms with Crippen LogP contribution >= 0.6 is 11.8 Å². The Balaban J connectivity index is 1.86. The number of benzene rings is 1. The van der Waals surface area contributed by atoms with E-state index in [0.717, 1.165) is 23.4 Å². The number of aromatic amines is 1. The van der Waals surface area contributed by atoms with Crippen LogP contribution in [0.15, 0.2) is 46.0 Å². The lowest BCUT2D eigenvalue weighted by Crippen LogP contribution is -2.38. The van der Waals surface area contributed by atoms with Gasteiger partial charge in [0.25, 0.3) is 5.56 Å². The summed E-state index contributed by atoms with van der Waals surface area (Å²) in [5.41, 5.74) is 2.11. The topological polar surface area (TPSA) is 84.1 Å². The van der Waals surface area contributed by atoms with E-state index in [9.17, 15) is 9.59 Å². The van der Waals surface area contributed by atoms with Gasteiger partial charge in [-0.05, 0) is 30.5 Å². The number of carbonyl (C=O) groups is 1. The van der Waals surface area contributed by atoms with E-state index in [2.05, 4.69) is 30.2 Å². The van der Waals surface area contributed by atoms with Gasteiger partial charge < -0.3 is 15.0 Å². The van der Waals surface area contributed by atoms with Crippen LogP contribution in [0, 0.1) is 5.92 Å². The first kappa shape index (κ1) is 19.8. The van der Waals surface area contributed by atoms with Crippen molar-refractivity contribution in [3.05, 3.63) is 57.5 Å². The molecular weight excluding hydrogens is 386 g/mol. The number of nitrogens with one attached hydrogen (secondary N) is 2. The molecule has 1 aliphatic heterocycles. The summed E-state index contributed by atoms with van der Waals surface area (Å²) in [5.74, 6) is 0.688. The Morgan fingerprint density at radius 2 is 2.00 bits per heavy atom. The number of methoxy groups -OCH3 is 1. The van der Waals surface area contributed by atoms with Crippen molar-refractivity contribution in [1.29, 1.82) is 0 Å². The molecule has 2 aliphatic rings. The lowest BCUT2D eigenvalue weighted by Gasteiger charge is -2.36. The van der Waals surface area contributed by atoms with Crippen molar-refractivity contribution in [3.8, 4) is 5.75 Å². The Bertz CT molecular complexity index is 1010. The third kappa shape index (κ3) is 3.71. The molecule has 0 bridgehead atoms. The zero-order valence-electron chi connectivity index (χ0n) is 16.8. The number of Topliss-reactive ketones (excluding diaryl/α,β-unsaturated/α-hetero) is 1. The molecule has 0 fully saturated rings. The van der Waals surface area contributed by atoms with Crippen LogP contribution in [0.4, 0.5) is 5.82 Å². The number of nitrogens with zero attached hydrogens (tertiary/aromatic N) is 1. The number of carbonyl (C=O) groups excluding carboxylic acids is 1. The van der Waals surface area contributed by atoms with Gasteiger partial charge in [-0.15, -0.1) is 0 Å². The maximum atomic E-state index is 13.1. The first-order valence-corrected chi connectivity index (χ1v) is 10.8. The van der Waals surface area contributed by atoms with Gasteiger partial charge >= 0.3 is 0 Å². The van der Waals surface area contributed by atoms with E-state index in [1.165, 1.54) is 0 Å². The first-order valence-electron chi connectivity index (χ1n) is 9.96. The first-order chi connectivity index (χ1) is 14.0. The summed E-state index contributed by atoms with van der Waals surface area (Å²) in [7, 11) is 1.62. The van der Waals surface area contributed by atoms with Crippen LogP contribution in [-0.4, -0.2) is 28.1 Å². The fourth-order valence-corrected chi connectivity index (χ4v) is 4.81. The monoisotopic (exact) mass is 411 g/mol. The number of thioether (sulfide) groups is 1. The van der Waals surface area contributed by atoms with Crippen molar-refractivity contribution < 1.29 is 9.53 Å². The number of allylic oxidation sites excluding steroid dienone is 2.